The van der Waals surface area contributed by atoms with Gasteiger partial charge in [-0.3, -0.25) is 9.79 Å². The summed E-state index contributed by atoms with van der Waals surface area (Å²) in [5.41, 5.74) is 2.47. The maximum atomic E-state index is 12.9. The van der Waals surface area contributed by atoms with E-state index in [0.29, 0.717) is 10.6 Å². The second-order valence-electron chi connectivity index (χ2n) is 5.35. The molecule has 3 nitrogen and oxygen atoms in total. The highest BCUT2D eigenvalue weighted by Crippen LogP contribution is 2.25. The van der Waals surface area contributed by atoms with Crippen molar-refractivity contribution in [2.24, 2.45) is 4.99 Å². The second kappa shape index (κ2) is 6.90. The van der Waals surface area contributed by atoms with E-state index in [1.165, 1.54) is 0 Å². The van der Waals surface area contributed by atoms with Crippen LogP contribution in [0, 0.1) is 6.92 Å². The van der Waals surface area contributed by atoms with Crippen molar-refractivity contribution in [3.8, 4) is 0 Å². The Morgan fingerprint density at radius 3 is 2.90 bits per heavy atom. The number of halogens is 1. The number of hydrogen-bond donors (Lipinski definition) is 0. The van der Waals surface area contributed by atoms with Gasteiger partial charge in [0.25, 0.3) is 5.91 Å². The third kappa shape index (κ3) is 3.35. The Kier molecular flexibility index (Phi) is 5.18. The first-order valence-corrected chi connectivity index (χ1v) is 7.62. The van der Waals surface area contributed by atoms with Gasteiger partial charge in [0, 0.05) is 13.6 Å². The van der Waals surface area contributed by atoms with E-state index < -0.39 is 0 Å². The van der Waals surface area contributed by atoms with Crippen molar-refractivity contribution in [1.82, 2.24) is 4.90 Å². The SMILES string of the molecule is C=CC(=NC)C1CCCCN1C(=O)c1cc(C)ccc1Cl. The van der Waals surface area contributed by atoms with Gasteiger partial charge in [0.1, 0.15) is 0 Å². The van der Waals surface area contributed by atoms with Gasteiger partial charge in [-0.2, -0.15) is 0 Å². The molecule has 0 spiro atoms. The summed E-state index contributed by atoms with van der Waals surface area (Å²) in [7, 11) is 1.74. The molecule has 4 heteroatoms. The van der Waals surface area contributed by atoms with Crippen LogP contribution in [0.3, 0.4) is 0 Å². The van der Waals surface area contributed by atoms with Gasteiger partial charge in [0.2, 0.25) is 0 Å². The quantitative estimate of drug-likeness (QED) is 0.780. The molecule has 1 atom stereocenters. The number of hydrogen-bond acceptors (Lipinski definition) is 2. The highest BCUT2D eigenvalue weighted by Gasteiger charge is 2.30. The molecule has 0 bridgehead atoms. The largest absolute Gasteiger partial charge is 0.330 e. The summed E-state index contributed by atoms with van der Waals surface area (Å²) in [5.74, 6) is -0.0172. The molecular weight excluding hydrogens is 284 g/mol. The Bertz CT molecular complexity index is 580. The van der Waals surface area contributed by atoms with Gasteiger partial charge in [0.15, 0.2) is 0 Å². The maximum Gasteiger partial charge on any atom is 0.255 e. The molecule has 1 heterocycles. The molecule has 1 aromatic carbocycles. The van der Waals surface area contributed by atoms with Gasteiger partial charge in [-0.15, -0.1) is 0 Å². The number of piperidine rings is 1. The first-order chi connectivity index (χ1) is 10.1. The summed E-state index contributed by atoms with van der Waals surface area (Å²) in [5, 5.41) is 0.503. The maximum absolute atomic E-state index is 12.9. The van der Waals surface area contributed by atoms with E-state index in [9.17, 15) is 4.79 Å². The molecular formula is C17H21ClN2O. The first-order valence-electron chi connectivity index (χ1n) is 7.24. The van der Waals surface area contributed by atoms with Crippen molar-refractivity contribution in [3.63, 3.8) is 0 Å². The van der Waals surface area contributed by atoms with Gasteiger partial charge in [-0.25, -0.2) is 0 Å². The average molecular weight is 305 g/mol. The topological polar surface area (TPSA) is 32.7 Å². The van der Waals surface area contributed by atoms with E-state index in [4.69, 9.17) is 11.6 Å². The second-order valence-corrected chi connectivity index (χ2v) is 5.75. The Morgan fingerprint density at radius 1 is 1.48 bits per heavy atom. The Balaban J connectivity index is 2.35. The molecule has 0 radical (unpaired) electrons. The highest BCUT2D eigenvalue weighted by atomic mass is 35.5. The zero-order chi connectivity index (χ0) is 15.4. The van der Waals surface area contributed by atoms with E-state index in [1.54, 1.807) is 19.2 Å². The van der Waals surface area contributed by atoms with E-state index >= 15 is 0 Å². The minimum atomic E-state index is -0.0172. The van der Waals surface area contributed by atoms with Gasteiger partial charge >= 0.3 is 0 Å². The standard InChI is InChI=1S/C17H21ClN2O/c1-4-15(19-3)16-7-5-6-10-20(16)17(21)13-11-12(2)8-9-14(13)18/h4,8-9,11,16H,1,5-7,10H2,2-3H3. The first kappa shape index (κ1) is 15.8. The summed E-state index contributed by atoms with van der Waals surface area (Å²) in [6, 6.07) is 5.55. The number of rotatable bonds is 3. The summed E-state index contributed by atoms with van der Waals surface area (Å²) < 4.78 is 0. The molecule has 1 saturated heterocycles. The molecule has 0 saturated carbocycles. The summed E-state index contributed by atoms with van der Waals surface area (Å²) >= 11 is 6.21. The van der Waals surface area contributed by atoms with Crippen LogP contribution in [0.5, 0.6) is 0 Å². The molecule has 1 amide bonds. The fraction of sp³-hybridized carbons (Fsp3) is 0.412. The Hall–Kier alpha value is -1.61. The van der Waals surface area contributed by atoms with Gasteiger partial charge in [-0.05, 0) is 44.4 Å². The molecule has 1 aliphatic heterocycles. The van der Waals surface area contributed by atoms with Crippen LogP contribution in [0.1, 0.15) is 35.2 Å². The fourth-order valence-corrected chi connectivity index (χ4v) is 3.01. The van der Waals surface area contributed by atoms with Crippen molar-refractivity contribution in [1.29, 1.82) is 0 Å². The Labute approximate surface area is 131 Å². The van der Waals surface area contributed by atoms with Crippen LogP contribution in [-0.2, 0) is 0 Å². The number of carbonyl (C=O) groups excluding carboxylic acids is 1. The predicted octanol–water partition coefficient (Wildman–Crippen LogP) is 3.90. The van der Waals surface area contributed by atoms with Crippen LogP contribution in [0.15, 0.2) is 35.8 Å². The smallest absolute Gasteiger partial charge is 0.255 e. The van der Waals surface area contributed by atoms with Crippen LogP contribution in [0.2, 0.25) is 5.02 Å². The molecule has 1 fully saturated rings. The zero-order valence-electron chi connectivity index (χ0n) is 12.6. The number of carbonyl (C=O) groups is 1. The van der Waals surface area contributed by atoms with Crippen LogP contribution in [0.4, 0.5) is 0 Å². The van der Waals surface area contributed by atoms with Gasteiger partial charge < -0.3 is 4.90 Å². The van der Waals surface area contributed by atoms with Crippen molar-refractivity contribution < 1.29 is 4.79 Å². The van der Waals surface area contributed by atoms with Crippen molar-refractivity contribution >= 4 is 23.2 Å². The highest BCUT2D eigenvalue weighted by molar-refractivity contribution is 6.33. The molecule has 1 aromatic rings. The number of amides is 1. The number of aryl methyl sites for hydroxylation is 1. The molecule has 1 aliphatic rings. The number of aliphatic imine (C=N–C) groups is 1. The lowest BCUT2D eigenvalue weighted by atomic mass is 9.96. The molecule has 0 N–H and O–H groups in total. The third-order valence-corrected chi connectivity index (χ3v) is 4.25. The van der Waals surface area contributed by atoms with Crippen LogP contribution in [0.25, 0.3) is 0 Å². The number of nitrogens with zero attached hydrogens (tertiary/aromatic N) is 2. The fourth-order valence-electron chi connectivity index (χ4n) is 2.82. The van der Waals surface area contributed by atoms with Crippen molar-refractivity contribution in [2.45, 2.75) is 32.2 Å². The minimum absolute atomic E-state index is 0.00493. The predicted molar refractivity (Wildman–Crippen MR) is 88.4 cm³/mol. The third-order valence-electron chi connectivity index (χ3n) is 3.92. The van der Waals surface area contributed by atoms with E-state index in [-0.39, 0.29) is 11.9 Å². The van der Waals surface area contributed by atoms with Crippen molar-refractivity contribution in [2.75, 3.05) is 13.6 Å². The molecule has 112 valence electrons. The zero-order valence-corrected chi connectivity index (χ0v) is 13.4. The van der Waals surface area contributed by atoms with Crippen LogP contribution < -0.4 is 0 Å². The lowest BCUT2D eigenvalue weighted by Gasteiger charge is -2.36. The summed E-state index contributed by atoms with van der Waals surface area (Å²) in [6.45, 7) is 6.51. The normalized spacial score (nSPS) is 19.5. The summed E-state index contributed by atoms with van der Waals surface area (Å²) in [6.07, 6.45) is 4.78. The van der Waals surface area contributed by atoms with E-state index in [0.717, 1.165) is 37.1 Å². The lowest BCUT2D eigenvalue weighted by molar-refractivity contribution is 0.0681. The van der Waals surface area contributed by atoms with Crippen LogP contribution >= 0.6 is 11.6 Å². The molecule has 2 rings (SSSR count). The molecule has 0 aromatic heterocycles. The van der Waals surface area contributed by atoms with Gasteiger partial charge in [0.05, 0.1) is 22.3 Å². The molecule has 1 unspecified atom stereocenters. The number of likely N-dealkylation sites (tertiary alicyclic amines) is 1. The van der Waals surface area contributed by atoms with Crippen LogP contribution in [-0.4, -0.2) is 36.2 Å². The molecule has 21 heavy (non-hydrogen) atoms. The monoisotopic (exact) mass is 304 g/mol. The summed E-state index contributed by atoms with van der Waals surface area (Å²) in [4.78, 5) is 19.0. The van der Waals surface area contributed by atoms with E-state index in [1.807, 2.05) is 24.0 Å². The van der Waals surface area contributed by atoms with Gasteiger partial charge in [-0.1, -0.05) is 29.8 Å². The Morgan fingerprint density at radius 2 is 2.24 bits per heavy atom. The molecule has 0 aliphatic carbocycles. The average Bonchev–Trinajstić information content (AvgIpc) is 2.51. The van der Waals surface area contributed by atoms with E-state index in [2.05, 4.69) is 11.6 Å². The number of benzene rings is 1. The lowest BCUT2D eigenvalue weighted by Crippen LogP contribution is -2.47. The van der Waals surface area contributed by atoms with Crippen molar-refractivity contribution in [3.05, 3.63) is 47.0 Å². The minimum Gasteiger partial charge on any atom is -0.330 e.